The van der Waals surface area contributed by atoms with Gasteiger partial charge in [0, 0.05) is 33.9 Å². The lowest BCUT2D eigenvalue weighted by atomic mass is 10.0. The number of hydrogen-bond donors (Lipinski definition) is 1. The maximum absolute atomic E-state index is 5.80. The van der Waals surface area contributed by atoms with E-state index in [4.69, 9.17) is 12.2 Å². The summed E-state index contributed by atoms with van der Waals surface area (Å²) in [5.41, 5.74) is 4.27. The Hall–Kier alpha value is -2.96. The number of rotatable bonds is 4. The number of nitrogens with zero attached hydrogens (tertiary/aromatic N) is 3. The second-order valence-corrected chi connectivity index (χ2v) is 8.41. The SMILES string of the molecule is S=C1NC(c2ccccn2)C(c2cccn2-c2ccc(Br)cc2)N1c1ccccc1. The first-order valence-electron chi connectivity index (χ1n) is 9.71. The number of nitrogens with one attached hydrogen (secondary N) is 1. The Labute approximate surface area is 189 Å². The fourth-order valence-electron chi connectivity index (χ4n) is 3.99. The number of pyridine rings is 1. The van der Waals surface area contributed by atoms with Crippen molar-refractivity contribution in [3.8, 4) is 5.69 Å². The van der Waals surface area contributed by atoms with Crippen molar-refractivity contribution in [2.45, 2.75) is 12.1 Å². The van der Waals surface area contributed by atoms with Gasteiger partial charge in [-0.15, -0.1) is 0 Å². The predicted octanol–water partition coefficient (Wildman–Crippen LogP) is 5.81. The Morgan fingerprint density at radius 1 is 0.833 bits per heavy atom. The molecule has 0 radical (unpaired) electrons. The van der Waals surface area contributed by atoms with Crippen LogP contribution in [0.2, 0.25) is 0 Å². The van der Waals surface area contributed by atoms with Gasteiger partial charge in [-0.05, 0) is 72.9 Å². The maximum Gasteiger partial charge on any atom is 0.174 e. The first-order chi connectivity index (χ1) is 14.7. The van der Waals surface area contributed by atoms with Crippen LogP contribution in [-0.4, -0.2) is 14.7 Å². The Kier molecular flexibility index (Phi) is 5.11. The van der Waals surface area contributed by atoms with Crippen molar-refractivity contribution in [2.75, 3.05) is 4.90 Å². The van der Waals surface area contributed by atoms with Crippen molar-refractivity contribution < 1.29 is 0 Å². The zero-order valence-corrected chi connectivity index (χ0v) is 18.4. The van der Waals surface area contributed by atoms with Crippen molar-refractivity contribution >= 4 is 38.9 Å². The average molecular weight is 475 g/mol. The van der Waals surface area contributed by atoms with Crippen LogP contribution in [0, 0.1) is 0 Å². The molecule has 4 aromatic rings. The molecule has 0 bridgehead atoms. The van der Waals surface area contributed by atoms with Crippen LogP contribution in [0.25, 0.3) is 5.69 Å². The topological polar surface area (TPSA) is 33.1 Å². The smallest absolute Gasteiger partial charge is 0.174 e. The third-order valence-electron chi connectivity index (χ3n) is 5.32. The molecule has 1 saturated heterocycles. The monoisotopic (exact) mass is 474 g/mol. The molecule has 0 spiro atoms. The number of benzene rings is 2. The van der Waals surface area contributed by atoms with Gasteiger partial charge >= 0.3 is 0 Å². The molecule has 0 saturated carbocycles. The number of para-hydroxylation sites is 1. The molecule has 2 atom stereocenters. The van der Waals surface area contributed by atoms with Crippen LogP contribution in [0.5, 0.6) is 0 Å². The molecule has 4 nitrogen and oxygen atoms in total. The van der Waals surface area contributed by atoms with Crippen molar-refractivity contribution in [3.63, 3.8) is 0 Å². The summed E-state index contributed by atoms with van der Waals surface area (Å²) < 4.78 is 3.28. The second kappa shape index (κ2) is 8.05. The van der Waals surface area contributed by atoms with E-state index in [1.807, 2.05) is 36.5 Å². The molecule has 2 aromatic heterocycles. The molecular formula is C24H19BrN4S. The number of anilines is 1. The Balaban J connectivity index is 1.66. The fraction of sp³-hybridized carbons (Fsp3) is 0.0833. The zero-order valence-electron chi connectivity index (χ0n) is 16.0. The molecule has 1 fully saturated rings. The highest BCUT2D eigenvalue weighted by Crippen LogP contribution is 2.42. The van der Waals surface area contributed by atoms with Gasteiger partial charge in [0.05, 0.1) is 11.7 Å². The van der Waals surface area contributed by atoms with Gasteiger partial charge in [-0.2, -0.15) is 0 Å². The van der Waals surface area contributed by atoms with Gasteiger partial charge < -0.3 is 14.8 Å². The van der Waals surface area contributed by atoms with Crippen molar-refractivity contribution in [1.29, 1.82) is 0 Å². The lowest BCUT2D eigenvalue weighted by molar-refractivity contribution is 0.549. The van der Waals surface area contributed by atoms with Gasteiger partial charge in [0.2, 0.25) is 0 Å². The zero-order chi connectivity index (χ0) is 20.5. The van der Waals surface area contributed by atoms with E-state index in [0.717, 1.165) is 27.2 Å². The molecule has 3 heterocycles. The molecule has 148 valence electrons. The summed E-state index contributed by atoms with van der Waals surface area (Å²) in [7, 11) is 0. The Morgan fingerprint density at radius 2 is 1.60 bits per heavy atom. The molecular weight excluding hydrogens is 456 g/mol. The lowest BCUT2D eigenvalue weighted by Gasteiger charge is -2.29. The molecule has 1 aliphatic heterocycles. The number of aromatic nitrogens is 2. The molecule has 5 rings (SSSR count). The van der Waals surface area contributed by atoms with Crippen LogP contribution < -0.4 is 10.2 Å². The standard InChI is InChI=1S/C24H19BrN4S/c25-17-11-13-18(14-12-17)28-16-6-10-21(28)23-22(20-9-4-5-15-26-20)27-24(30)29(23)19-7-2-1-3-8-19/h1-16,22-23H,(H,27,30). The van der Waals surface area contributed by atoms with E-state index in [0.29, 0.717) is 5.11 Å². The van der Waals surface area contributed by atoms with E-state index in [1.165, 1.54) is 0 Å². The van der Waals surface area contributed by atoms with E-state index in [1.54, 1.807) is 0 Å². The molecule has 6 heteroatoms. The summed E-state index contributed by atoms with van der Waals surface area (Å²) in [6.07, 6.45) is 3.93. The van der Waals surface area contributed by atoms with E-state index in [2.05, 4.69) is 96.5 Å². The van der Waals surface area contributed by atoms with E-state index < -0.39 is 0 Å². The normalized spacial score (nSPS) is 18.4. The Bertz CT molecular complexity index is 1160. The maximum atomic E-state index is 5.80. The van der Waals surface area contributed by atoms with Crippen molar-refractivity contribution in [1.82, 2.24) is 14.9 Å². The highest BCUT2D eigenvalue weighted by molar-refractivity contribution is 9.10. The summed E-state index contributed by atoms with van der Waals surface area (Å²) in [6, 6.07) is 28.7. The third kappa shape index (κ3) is 3.42. The molecule has 30 heavy (non-hydrogen) atoms. The number of hydrogen-bond acceptors (Lipinski definition) is 2. The van der Waals surface area contributed by atoms with Gasteiger partial charge in [-0.3, -0.25) is 4.98 Å². The summed E-state index contributed by atoms with van der Waals surface area (Å²) in [5, 5.41) is 4.22. The number of thiocarbonyl (C=S) groups is 1. The molecule has 0 amide bonds. The highest BCUT2D eigenvalue weighted by atomic mass is 79.9. The van der Waals surface area contributed by atoms with Crippen LogP contribution in [-0.2, 0) is 0 Å². The minimum Gasteiger partial charge on any atom is -0.351 e. The van der Waals surface area contributed by atoms with Crippen LogP contribution in [0.4, 0.5) is 5.69 Å². The second-order valence-electron chi connectivity index (χ2n) is 7.11. The van der Waals surface area contributed by atoms with E-state index >= 15 is 0 Å². The van der Waals surface area contributed by atoms with Gasteiger partial charge in [-0.25, -0.2) is 0 Å². The average Bonchev–Trinajstić information content (AvgIpc) is 3.40. The summed E-state index contributed by atoms with van der Waals surface area (Å²) in [5.74, 6) is 0. The highest BCUT2D eigenvalue weighted by Gasteiger charge is 2.42. The molecule has 2 unspecified atom stereocenters. The molecule has 2 aromatic carbocycles. The third-order valence-corrected chi connectivity index (χ3v) is 6.16. The molecule has 1 N–H and O–H groups in total. The van der Waals surface area contributed by atoms with Crippen molar-refractivity contribution in [3.05, 3.63) is 113 Å². The minimum absolute atomic E-state index is 0.0477. The molecule has 1 aliphatic rings. The van der Waals surface area contributed by atoms with Gasteiger partial charge in [-0.1, -0.05) is 40.2 Å². The lowest BCUT2D eigenvalue weighted by Crippen LogP contribution is -2.30. The summed E-state index contributed by atoms with van der Waals surface area (Å²) in [4.78, 5) is 6.83. The van der Waals surface area contributed by atoms with Gasteiger partial charge in [0.15, 0.2) is 5.11 Å². The van der Waals surface area contributed by atoms with E-state index in [9.17, 15) is 0 Å². The molecule has 0 aliphatic carbocycles. The van der Waals surface area contributed by atoms with E-state index in [-0.39, 0.29) is 12.1 Å². The quantitative estimate of drug-likeness (QED) is 0.378. The number of halogens is 1. The predicted molar refractivity (Wildman–Crippen MR) is 128 cm³/mol. The van der Waals surface area contributed by atoms with Gasteiger partial charge in [0.25, 0.3) is 0 Å². The van der Waals surface area contributed by atoms with Crippen LogP contribution >= 0.6 is 28.1 Å². The van der Waals surface area contributed by atoms with Crippen LogP contribution in [0.15, 0.2) is 102 Å². The largest absolute Gasteiger partial charge is 0.351 e. The summed E-state index contributed by atoms with van der Waals surface area (Å²) >= 11 is 9.33. The van der Waals surface area contributed by atoms with Gasteiger partial charge in [0.1, 0.15) is 6.04 Å². The van der Waals surface area contributed by atoms with Crippen molar-refractivity contribution in [2.24, 2.45) is 0 Å². The van der Waals surface area contributed by atoms with Crippen LogP contribution in [0.1, 0.15) is 23.5 Å². The first kappa shape index (κ1) is 19.0. The first-order valence-corrected chi connectivity index (χ1v) is 10.9. The fourth-order valence-corrected chi connectivity index (χ4v) is 4.60. The van der Waals surface area contributed by atoms with Crippen LogP contribution in [0.3, 0.4) is 0 Å². The minimum atomic E-state index is -0.0667. The Morgan fingerprint density at radius 3 is 2.33 bits per heavy atom. The summed E-state index contributed by atoms with van der Waals surface area (Å²) in [6.45, 7) is 0.